The SMILES string of the molecule is CCC(CC)Nc1nc(N2CC[C@@H](N(C(N)=O)[C@@H]3CCNC3)C2)nc2c1ncn2[C@@H]1O[C@H](c2nnn(CC)n2)[C@@H](O)[C@H]1O. The second-order valence-corrected chi connectivity index (χ2v) is 11.4. The van der Waals surface area contributed by atoms with Crippen LogP contribution in [0.2, 0.25) is 0 Å². The van der Waals surface area contributed by atoms with Crippen LogP contribution in [-0.2, 0) is 11.3 Å². The predicted molar refractivity (Wildman–Crippen MR) is 155 cm³/mol. The van der Waals surface area contributed by atoms with Crippen LogP contribution in [0.1, 0.15) is 64.6 Å². The molecule has 0 radical (unpaired) electrons. The molecule has 3 aliphatic rings. The quantitative estimate of drug-likeness (QED) is 0.204. The predicted octanol–water partition coefficient (Wildman–Crippen LogP) is -0.254. The van der Waals surface area contributed by atoms with Crippen molar-refractivity contribution in [3.63, 3.8) is 0 Å². The fraction of sp³-hybridized carbons (Fsp3) is 0.731. The first-order valence-electron chi connectivity index (χ1n) is 15.2. The zero-order chi connectivity index (χ0) is 30.2. The Bertz CT molecular complexity index is 1420. The number of primary amides is 1. The minimum absolute atomic E-state index is 0.0631. The number of aliphatic hydroxyl groups is 2. The van der Waals surface area contributed by atoms with Gasteiger partial charge in [-0.2, -0.15) is 14.8 Å². The lowest BCUT2D eigenvalue weighted by molar-refractivity contribution is -0.0384. The highest BCUT2D eigenvalue weighted by atomic mass is 16.6. The number of ether oxygens (including phenoxy) is 1. The number of aryl methyl sites for hydroxylation is 1. The summed E-state index contributed by atoms with van der Waals surface area (Å²) in [7, 11) is 0. The molecule has 43 heavy (non-hydrogen) atoms. The van der Waals surface area contributed by atoms with Crippen molar-refractivity contribution in [3.05, 3.63) is 12.2 Å². The van der Waals surface area contributed by atoms with E-state index in [4.69, 9.17) is 20.4 Å². The molecule has 3 aromatic heterocycles. The third kappa shape index (κ3) is 5.45. The number of nitrogens with one attached hydrogen (secondary N) is 2. The minimum atomic E-state index is -1.30. The number of nitrogens with zero attached hydrogens (tertiary/aromatic N) is 10. The average Bonchev–Trinajstić information content (AvgIpc) is 3.84. The maximum absolute atomic E-state index is 12.5. The second-order valence-electron chi connectivity index (χ2n) is 11.4. The van der Waals surface area contributed by atoms with Crippen molar-refractivity contribution in [1.29, 1.82) is 0 Å². The van der Waals surface area contributed by atoms with Gasteiger partial charge in [-0.1, -0.05) is 13.8 Å². The first kappa shape index (κ1) is 29.4. The summed E-state index contributed by atoms with van der Waals surface area (Å²) in [5, 5.41) is 41.0. The number of carbonyl (C=O) groups excluding carboxylic acids is 1. The van der Waals surface area contributed by atoms with Crippen LogP contribution in [0.3, 0.4) is 0 Å². The summed E-state index contributed by atoms with van der Waals surface area (Å²) in [6.45, 7) is 9.35. The standard InChI is InChI=1S/C26H41N13O4/c1-4-14(5-2)30-21-17-23(32-26(31-21)36-10-8-16(12-36)39(25(27)42)15-7-9-28-11-15)37(13-29-17)24-19(41)18(40)20(43-24)22-33-35-38(6-3)34-22/h13-16,18-20,24,28,40-41H,4-12H2,1-3H3,(H2,27,42)(H,30,31,32)/t15-,16-,18+,19-,20+,24-/m1/s1. The Morgan fingerprint density at radius 2 is 2.02 bits per heavy atom. The molecule has 0 spiro atoms. The fourth-order valence-electron chi connectivity index (χ4n) is 6.31. The summed E-state index contributed by atoms with van der Waals surface area (Å²) >= 11 is 0. The van der Waals surface area contributed by atoms with Crippen molar-refractivity contribution < 1.29 is 19.7 Å². The van der Waals surface area contributed by atoms with Gasteiger partial charge in [0.1, 0.15) is 12.2 Å². The maximum atomic E-state index is 12.5. The number of carbonyl (C=O) groups is 1. The Labute approximate surface area is 248 Å². The lowest BCUT2D eigenvalue weighted by Crippen LogP contribution is -2.51. The molecule has 3 fully saturated rings. The smallest absolute Gasteiger partial charge is 0.315 e. The number of aromatic nitrogens is 8. The molecule has 0 aromatic carbocycles. The lowest BCUT2D eigenvalue weighted by atomic mass is 10.1. The van der Waals surface area contributed by atoms with E-state index in [1.165, 1.54) is 11.1 Å². The summed E-state index contributed by atoms with van der Waals surface area (Å²) in [6.07, 6.45) is 0.335. The van der Waals surface area contributed by atoms with E-state index >= 15 is 0 Å². The van der Waals surface area contributed by atoms with Crippen LogP contribution in [0.15, 0.2) is 6.33 Å². The van der Waals surface area contributed by atoms with Gasteiger partial charge in [0, 0.05) is 31.7 Å². The van der Waals surface area contributed by atoms with Crippen molar-refractivity contribution in [1.82, 2.24) is 49.9 Å². The molecule has 6 heterocycles. The van der Waals surface area contributed by atoms with Crippen molar-refractivity contribution in [2.24, 2.45) is 5.73 Å². The summed E-state index contributed by atoms with van der Waals surface area (Å²) in [5.74, 6) is 1.22. The van der Waals surface area contributed by atoms with E-state index < -0.39 is 30.6 Å². The first-order chi connectivity index (χ1) is 20.8. The zero-order valence-corrected chi connectivity index (χ0v) is 24.7. The molecule has 6 rings (SSSR count). The highest BCUT2D eigenvalue weighted by molar-refractivity contribution is 5.84. The van der Waals surface area contributed by atoms with Gasteiger partial charge in [0.25, 0.3) is 0 Å². The Morgan fingerprint density at radius 1 is 1.21 bits per heavy atom. The number of anilines is 2. The van der Waals surface area contributed by atoms with Gasteiger partial charge >= 0.3 is 6.03 Å². The molecule has 0 bridgehead atoms. The van der Waals surface area contributed by atoms with Crippen molar-refractivity contribution in [3.8, 4) is 0 Å². The molecule has 17 heteroatoms. The van der Waals surface area contributed by atoms with Crippen LogP contribution in [0, 0.1) is 0 Å². The summed E-state index contributed by atoms with van der Waals surface area (Å²) in [5.41, 5.74) is 6.80. The van der Waals surface area contributed by atoms with Gasteiger partial charge in [0.15, 0.2) is 29.3 Å². The van der Waals surface area contributed by atoms with Crippen LogP contribution in [0.25, 0.3) is 11.2 Å². The molecule has 234 valence electrons. The number of imidazole rings is 1. The van der Waals surface area contributed by atoms with E-state index in [1.807, 2.05) is 6.92 Å². The van der Waals surface area contributed by atoms with E-state index in [2.05, 4.69) is 49.8 Å². The normalized spacial score (nSPS) is 27.5. The van der Waals surface area contributed by atoms with E-state index in [0.717, 1.165) is 38.8 Å². The fourth-order valence-corrected chi connectivity index (χ4v) is 6.31. The molecule has 0 aliphatic carbocycles. The van der Waals surface area contributed by atoms with Gasteiger partial charge in [0.05, 0.1) is 18.9 Å². The third-order valence-electron chi connectivity index (χ3n) is 8.78. The van der Waals surface area contributed by atoms with Crippen LogP contribution in [-0.4, -0.2) is 117 Å². The molecule has 3 aromatic rings. The Hall–Kier alpha value is -3.67. The molecule has 0 unspecified atom stereocenters. The summed E-state index contributed by atoms with van der Waals surface area (Å²) < 4.78 is 7.74. The number of urea groups is 1. The van der Waals surface area contributed by atoms with Crippen LogP contribution >= 0.6 is 0 Å². The van der Waals surface area contributed by atoms with E-state index in [1.54, 1.807) is 9.47 Å². The molecule has 17 nitrogen and oxygen atoms in total. The lowest BCUT2D eigenvalue weighted by Gasteiger charge is -2.32. The molecule has 3 aliphatic heterocycles. The molecular weight excluding hydrogens is 558 g/mol. The molecule has 3 saturated heterocycles. The number of nitrogens with two attached hydrogens (primary N) is 1. The van der Waals surface area contributed by atoms with Gasteiger partial charge in [0.2, 0.25) is 11.8 Å². The van der Waals surface area contributed by atoms with Crippen LogP contribution < -0.4 is 21.3 Å². The molecule has 6 N–H and O–H groups in total. The topological polar surface area (TPSA) is 211 Å². The van der Waals surface area contributed by atoms with Gasteiger partial charge in [-0.3, -0.25) is 4.57 Å². The number of tetrazole rings is 1. The molecule has 0 saturated carbocycles. The van der Waals surface area contributed by atoms with Crippen LogP contribution in [0.5, 0.6) is 0 Å². The van der Waals surface area contributed by atoms with E-state index in [-0.39, 0.29) is 23.9 Å². The van der Waals surface area contributed by atoms with E-state index in [0.29, 0.717) is 42.6 Å². The molecule has 2 amide bonds. The van der Waals surface area contributed by atoms with Crippen LogP contribution in [0.4, 0.5) is 16.6 Å². The Balaban J connectivity index is 1.33. The number of hydrogen-bond donors (Lipinski definition) is 5. The molecule has 6 atom stereocenters. The Kier molecular flexibility index (Phi) is 8.30. The van der Waals surface area contributed by atoms with Gasteiger partial charge < -0.3 is 41.1 Å². The van der Waals surface area contributed by atoms with Gasteiger partial charge in [-0.05, 0) is 44.4 Å². The molecular formula is C26H41N13O4. The number of rotatable bonds is 10. The number of hydrogen-bond acceptors (Lipinski definition) is 13. The third-order valence-corrected chi connectivity index (χ3v) is 8.78. The van der Waals surface area contributed by atoms with Crippen molar-refractivity contribution in [2.75, 3.05) is 36.4 Å². The number of fused-ring (bicyclic) bond motifs is 1. The number of amides is 2. The van der Waals surface area contributed by atoms with Gasteiger partial charge in [-0.25, -0.2) is 9.78 Å². The van der Waals surface area contributed by atoms with Crippen molar-refractivity contribution in [2.45, 2.75) is 95.7 Å². The average molecular weight is 600 g/mol. The zero-order valence-electron chi connectivity index (χ0n) is 24.7. The largest absolute Gasteiger partial charge is 0.387 e. The summed E-state index contributed by atoms with van der Waals surface area (Å²) in [4.78, 5) is 32.1. The summed E-state index contributed by atoms with van der Waals surface area (Å²) in [6, 6.07) is -0.260. The highest BCUT2D eigenvalue weighted by Crippen LogP contribution is 2.39. The maximum Gasteiger partial charge on any atom is 0.315 e. The minimum Gasteiger partial charge on any atom is -0.387 e. The Morgan fingerprint density at radius 3 is 2.70 bits per heavy atom. The van der Waals surface area contributed by atoms with Gasteiger partial charge in [-0.15, -0.1) is 10.2 Å². The monoisotopic (exact) mass is 599 g/mol. The second kappa shape index (κ2) is 12.1. The van der Waals surface area contributed by atoms with E-state index in [9.17, 15) is 15.0 Å². The highest BCUT2D eigenvalue weighted by Gasteiger charge is 2.47. The first-order valence-corrected chi connectivity index (χ1v) is 15.2. The van der Waals surface area contributed by atoms with Crippen molar-refractivity contribution >= 4 is 29.0 Å². The number of aliphatic hydroxyl groups excluding tert-OH is 2.